The van der Waals surface area contributed by atoms with Crippen LogP contribution in [0.2, 0.25) is 0 Å². The van der Waals surface area contributed by atoms with Crippen molar-refractivity contribution in [3.05, 3.63) is 17.7 Å². The second-order valence-corrected chi connectivity index (χ2v) is 2.77. The third-order valence-electron chi connectivity index (χ3n) is 1.92. The van der Waals surface area contributed by atoms with Crippen LogP contribution in [-0.2, 0) is 6.42 Å². The van der Waals surface area contributed by atoms with Crippen molar-refractivity contribution < 1.29 is 0 Å². The Morgan fingerprint density at radius 2 is 2.36 bits per heavy atom. The van der Waals surface area contributed by atoms with Crippen LogP contribution in [0, 0.1) is 0 Å². The fourth-order valence-corrected chi connectivity index (χ4v) is 1.34. The Morgan fingerprint density at radius 1 is 1.45 bits per heavy atom. The van der Waals surface area contributed by atoms with Gasteiger partial charge in [0.2, 0.25) is 0 Å². The largest absolute Gasteiger partial charge is 0.384 e. The van der Waals surface area contributed by atoms with Crippen LogP contribution in [0.3, 0.4) is 0 Å². The minimum absolute atomic E-state index is 0.596. The maximum Gasteiger partial charge on any atom is 0.131 e. The van der Waals surface area contributed by atoms with Gasteiger partial charge >= 0.3 is 0 Å². The van der Waals surface area contributed by atoms with Crippen molar-refractivity contribution in [2.24, 2.45) is 0 Å². The Kier molecular flexibility index (Phi) is 1.42. The van der Waals surface area contributed by atoms with Crippen LogP contribution in [-0.4, -0.2) is 11.5 Å². The van der Waals surface area contributed by atoms with Crippen LogP contribution in [0.4, 0.5) is 11.6 Å². The molecular formula is C8H11N3. The van der Waals surface area contributed by atoms with Crippen molar-refractivity contribution in [3.8, 4) is 0 Å². The first-order chi connectivity index (χ1) is 5.36. The molecule has 1 aromatic rings. The first-order valence-corrected chi connectivity index (χ1v) is 3.85. The highest BCUT2D eigenvalue weighted by molar-refractivity contribution is 5.51. The van der Waals surface area contributed by atoms with Crippen molar-refractivity contribution in [2.45, 2.75) is 12.8 Å². The van der Waals surface area contributed by atoms with E-state index in [9.17, 15) is 0 Å². The molecule has 58 valence electrons. The number of pyridine rings is 1. The SMILES string of the molecule is Nc1ccc2c(n1)NCCC2. The van der Waals surface area contributed by atoms with E-state index in [1.165, 1.54) is 12.0 Å². The fraction of sp³-hybridized carbons (Fsp3) is 0.375. The van der Waals surface area contributed by atoms with Gasteiger partial charge in [-0.15, -0.1) is 0 Å². The normalized spacial score (nSPS) is 15.3. The number of aryl methyl sites for hydroxylation is 1. The van der Waals surface area contributed by atoms with E-state index in [0.717, 1.165) is 18.8 Å². The summed E-state index contributed by atoms with van der Waals surface area (Å²) >= 11 is 0. The van der Waals surface area contributed by atoms with Gasteiger partial charge < -0.3 is 11.1 Å². The zero-order chi connectivity index (χ0) is 7.68. The Bertz CT molecular complexity index is 270. The molecule has 11 heavy (non-hydrogen) atoms. The second kappa shape index (κ2) is 2.42. The summed E-state index contributed by atoms with van der Waals surface area (Å²) in [7, 11) is 0. The monoisotopic (exact) mass is 149 g/mol. The summed E-state index contributed by atoms with van der Waals surface area (Å²) in [6, 6.07) is 3.90. The number of nitrogens with one attached hydrogen (secondary N) is 1. The first kappa shape index (κ1) is 6.46. The minimum atomic E-state index is 0.596. The highest BCUT2D eigenvalue weighted by Gasteiger charge is 2.08. The number of hydrogen-bond acceptors (Lipinski definition) is 3. The number of nitrogen functional groups attached to an aromatic ring is 1. The van der Waals surface area contributed by atoms with Gasteiger partial charge in [-0.3, -0.25) is 0 Å². The molecule has 3 N–H and O–H groups in total. The van der Waals surface area contributed by atoms with Crippen molar-refractivity contribution in [1.82, 2.24) is 4.98 Å². The Balaban J connectivity index is 2.43. The van der Waals surface area contributed by atoms with E-state index in [1.807, 2.05) is 12.1 Å². The van der Waals surface area contributed by atoms with E-state index in [1.54, 1.807) is 0 Å². The van der Waals surface area contributed by atoms with E-state index in [4.69, 9.17) is 5.73 Å². The number of fused-ring (bicyclic) bond motifs is 1. The minimum Gasteiger partial charge on any atom is -0.384 e. The molecule has 0 aromatic carbocycles. The maximum atomic E-state index is 5.53. The third-order valence-corrected chi connectivity index (χ3v) is 1.92. The molecular weight excluding hydrogens is 138 g/mol. The van der Waals surface area contributed by atoms with E-state index >= 15 is 0 Å². The average Bonchev–Trinajstić information content (AvgIpc) is 2.04. The number of nitrogens with two attached hydrogens (primary N) is 1. The van der Waals surface area contributed by atoms with E-state index in [0.29, 0.717) is 5.82 Å². The summed E-state index contributed by atoms with van der Waals surface area (Å²) in [5, 5.41) is 3.21. The lowest BCUT2D eigenvalue weighted by Crippen LogP contribution is -2.13. The topological polar surface area (TPSA) is 50.9 Å². The average molecular weight is 149 g/mol. The van der Waals surface area contributed by atoms with E-state index in [2.05, 4.69) is 10.3 Å². The Hall–Kier alpha value is -1.25. The maximum absolute atomic E-state index is 5.53. The lowest BCUT2D eigenvalue weighted by molar-refractivity contribution is 0.819. The molecule has 0 radical (unpaired) electrons. The predicted octanol–water partition coefficient (Wildman–Crippen LogP) is 1.02. The molecule has 2 rings (SSSR count). The number of aromatic nitrogens is 1. The van der Waals surface area contributed by atoms with Crippen molar-refractivity contribution in [1.29, 1.82) is 0 Å². The molecule has 0 bridgehead atoms. The number of rotatable bonds is 0. The van der Waals surface area contributed by atoms with Crippen LogP contribution in [0.1, 0.15) is 12.0 Å². The molecule has 1 aromatic heterocycles. The second-order valence-electron chi connectivity index (χ2n) is 2.77. The summed E-state index contributed by atoms with van der Waals surface area (Å²) < 4.78 is 0. The van der Waals surface area contributed by atoms with Gasteiger partial charge in [0, 0.05) is 6.54 Å². The molecule has 1 aliphatic rings. The molecule has 0 amide bonds. The smallest absolute Gasteiger partial charge is 0.131 e. The van der Waals surface area contributed by atoms with Crippen LogP contribution in [0.15, 0.2) is 12.1 Å². The standard InChI is InChI=1S/C8H11N3/c9-7-4-3-6-2-1-5-10-8(6)11-7/h3-4H,1-2,5H2,(H3,9,10,11). The summed E-state index contributed by atoms with van der Waals surface area (Å²) in [4.78, 5) is 4.18. The number of nitrogens with zero attached hydrogens (tertiary/aromatic N) is 1. The third kappa shape index (κ3) is 1.13. The lowest BCUT2D eigenvalue weighted by atomic mass is 10.1. The molecule has 1 aliphatic heterocycles. The van der Waals surface area contributed by atoms with Crippen molar-refractivity contribution in [2.75, 3.05) is 17.6 Å². The Labute approximate surface area is 65.6 Å². The molecule has 3 nitrogen and oxygen atoms in total. The zero-order valence-electron chi connectivity index (χ0n) is 6.30. The highest BCUT2D eigenvalue weighted by Crippen LogP contribution is 2.19. The van der Waals surface area contributed by atoms with E-state index in [-0.39, 0.29) is 0 Å². The first-order valence-electron chi connectivity index (χ1n) is 3.85. The van der Waals surface area contributed by atoms with Gasteiger partial charge in [-0.05, 0) is 24.5 Å². The molecule has 0 unspecified atom stereocenters. The van der Waals surface area contributed by atoms with Crippen molar-refractivity contribution in [3.63, 3.8) is 0 Å². The molecule has 0 atom stereocenters. The molecule has 2 heterocycles. The van der Waals surface area contributed by atoms with Crippen LogP contribution < -0.4 is 11.1 Å². The van der Waals surface area contributed by atoms with Gasteiger partial charge in [-0.2, -0.15) is 0 Å². The number of hydrogen-bond donors (Lipinski definition) is 2. The molecule has 0 saturated heterocycles. The van der Waals surface area contributed by atoms with Crippen LogP contribution in [0.5, 0.6) is 0 Å². The van der Waals surface area contributed by atoms with Crippen molar-refractivity contribution >= 4 is 11.6 Å². The summed E-state index contributed by atoms with van der Waals surface area (Å²) in [5.41, 5.74) is 6.81. The number of anilines is 2. The summed E-state index contributed by atoms with van der Waals surface area (Å²) in [6.07, 6.45) is 2.31. The fourth-order valence-electron chi connectivity index (χ4n) is 1.34. The van der Waals surface area contributed by atoms with Gasteiger partial charge in [-0.1, -0.05) is 6.07 Å². The quantitative estimate of drug-likeness (QED) is 0.579. The molecule has 0 aliphatic carbocycles. The molecule has 3 heteroatoms. The van der Waals surface area contributed by atoms with Crippen LogP contribution in [0.25, 0.3) is 0 Å². The van der Waals surface area contributed by atoms with Crippen LogP contribution >= 0.6 is 0 Å². The predicted molar refractivity (Wildman–Crippen MR) is 45.5 cm³/mol. The molecule has 0 fully saturated rings. The molecule has 0 spiro atoms. The highest BCUT2D eigenvalue weighted by atomic mass is 15.0. The Morgan fingerprint density at radius 3 is 3.27 bits per heavy atom. The van der Waals surface area contributed by atoms with Gasteiger partial charge in [0.15, 0.2) is 0 Å². The zero-order valence-corrected chi connectivity index (χ0v) is 6.30. The van der Waals surface area contributed by atoms with Gasteiger partial charge in [0.25, 0.3) is 0 Å². The van der Waals surface area contributed by atoms with E-state index < -0.39 is 0 Å². The lowest BCUT2D eigenvalue weighted by Gasteiger charge is -2.16. The van der Waals surface area contributed by atoms with Gasteiger partial charge in [0.05, 0.1) is 0 Å². The summed E-state index contributed by atoms with van der Waals surface area (Å²) in [6.45, 7) is 1.02. The van der Waals surface area contributed by atoms with Gasteiger partial charge in [0.1, 0.15) is 11.6 Å². The molecule has 0 saturated carbocycles. The van der Waals surface area contributed by atoms with Gasteiger partial charge in [-0.25, -0.2) is 4.98 Å². The summed E-state index contributed by atoms with van der Waals surface area (Å²) in [5.74, 6) is 1.56.